The van der Waals surface area contributed by atoms with Crippen molar-refractivity contribution in [2.75, 3.05) is 13.1 Å². The van der Waals surface area contributed by atoms with Crippen molar-refractivity contribution in [1.82, 2.24) is 10.2 Å². The van der Waals surface area contributed by atoms with Crippen LogP contribution in [0.1, 0.15) is 34.1 Å². The molecule has 0 aromatic carbocycles. The molecule has 1 heterocycles. The van der Waals surface area contributed by atoms with Crippen LogP contribution in [0.3, 0.4) is 0 Å². The van der Waals surface area contributed by atoms with E-state index in [-0.39, 0.29) is 5.91 Å². The molecule has 5 heteroatoms. The van der Waals surface area contributed by atoms with Crippen molar-refractivity contribution in [3.8, 4) is 0 Å². The summed E-state index contributed by atoms with van der Waals surface area (Å²) in [6.45, 7) is 8.32. The van der Waals surface area contributed by atoms with Crippen molar-refractivity contribution >= 4 is 12.0 Å². The Bertz CT molecular complexity index is 283. The molecule has 1 aliphatic rings. The molecule has 16 heavy (non-hydrogen) atoms. The van der Waals surface area contributed by atoms with E-state index in [1.165, 1.54) is 4.90 Å². The summed E-state index contributed by atoms with van der Waals surface area (Å²) in [7, 11) is 0. The zero-order valence-electron chi connectivity index (χ0n) is 10.4. The highest BCUT2D eigenvalue weighted by Gasteiger charge is 2.30. The quantitative estimate of drug-likeness (QED) is 0.676. The van der Waals surface area contributed by atoms with Crippen LogP contribution < -0.4 is 5.32 Å². The van der Waals surface area contributed by atoms with Crippen LogP contribution in [-0.2, 0) is 9.53 Å². The summed E-state index contributed by atoms with van der Waals surface area (Å²) < 4.78 is 5.26. The van der Waals surface area contributed by atoms with Crippen molar-refractivity contribution in [3.05, 3.63) is 0 Å². The van der Waals surface area contributed by atoms with Crippen molar-refractivity contribution in [3.63, 3.8) is 0 Å². The molecule has 0 aliphatic carbocycles. The molecule has 2 amide bonds. The van der Waals surface area contributed by atoms with Gasteiger partial charge in [-0.1, -0.05) is 0 Å². The van der Waals surface area contributed by atoms with Crippen LogP contribution >= 0.6 is 0 Å². The zero-order chi connectivity index (χ0) is 12.3. The molecule has 0 aromatic rings. The van der Waals surface area contributed by atoms with E-state index in [0.717, 1.165) is 6.42 Å². The third kappa shape index (κ3) is 3.40. The minimum atomic E-state index is -0.528. The molecule has 1 atom stereocenters. The second-order valence-electron chi connectivity index (χ2n) is 4.99. The Morgan fingerprint density at radius 1 is 1.50 bits per heavy atom. The lowest BCUT2D eigenvalue weighted by Crippen LogP contribution is -2.47. The van der Waals surface area contributed by atoms with Crippen molar-refractivity contribution < 1.29 is 14.3 Å². The van der Waals surface area contributed by atoms with E-state index in [1.54, 1.807) is 6.92 Å². The summed E-state index contributed by atoms with van der Waals surface area (Å²) in [5.41, 5.74) is -0.528. The third-order valence-corrected chi connectivity index (χ3v) is 2.35. The van der Waals surface area contributed by atoms with E-state index in [0.29, 0.717) is 13.1 Å². The van der Waals surface area contributed by atoms with Gasteiger partial charge in [-0.05, 0) is 34.1 Å². The summed E-state index contributed by atoms with van der Waals surface area (Å²) in [6, 6.07) is -0.461. The van der Waals surface area contributed by atoms with Gasteiger partial charge in [0.25, 0.3) is 0 Å². The molecule has 5 nitrogen and oxygen atoms in total. The van der Waals surface area contributed by atoms with Gasteiger partial charge >= 0.3 is 6.09 Å². The Morgan fingerprint density at radius 3 is 2.69 bits per heavy atom. The van der Waals surface area contributed by atoms with E-state index in [9.17, 15) is 9.59 Å². The number of nitrogens with one attached hydrogen (secondary N) is 1. The Labute approximate surface area is 96.1 Å². The molecule has 1 fully saturated rings. The van der Waals surface area contributed by atoms with Crippen LogP contribution in [0.2, 0.25) is 0 Å². The second-order valence-corrected chi connectivity index (χ2v) is 4.99. The minimum Gasteiger partial charge on any atom is -0.444 e. The van der Waals surface area contributed by atoms with Crippen molar-refractivity contribution in [1.29, 1.82) is 0 Å². The summed E-state index contributed by atoms with van der Waals surface area (Å²) >= 11 is 0. The highest BCUT2D eigenvalue weighted by atomic mass is 16.6. The molecule has 0 spiro atoms. The third-order valence-electron chi connectivity index (χ3n) is 2.35. The van der Waals surface area contributed by atoms with Gasteiger partial charge in [0.15, 0.2) is 0 Å². The lowest BCUT2D eigenvalue weighted by molar-refractivity contribution is -0.124. The van der Waals surface area contributed by atoms with Gasteiger partial charge < -0.3 is 10.1 Å². The van der Waals surface area contributed by atoms with Crippen LogP contribution in [0.25, 0.3) is 0 Å². The molecule has 92 valence electrons. The smallest absolute Gasteiger partial charge is 0.410 e. The zero-order valence-corrected chi connectivity index (χ0v) is 10.4. The molecule has 0 radical (unpaired) electrons. The number of rotatable bonds is 0. The number of hydrogen-bond acceptors (Lipinski definition) is 3. The van der Waals surface area contributed by atoms with Crippen molar-refractivity contribution in [2.45, 2.75) is 45.8 Å². The molecule has 1 unspecified atom stereocenters. The van der Waals surface area contributed by atoms with Crippen LogP contribution in [0.15, 0.2) is 0 Å². The summed E-state index contributed by atoms with van der Waals surface area (Å²) in [4.78, 5) is 24.9. The normalized spacial score (nSPS) is 22.4. The maximum Gasteiger partial charge on any atom is 0.410 e. The molecule has 0 aromatic heterocycles. The number of carbonyl (C=O) groups excluding carboxylic acids is 2. The average molecular weight is 228 g/mol. The van der Waals surface area contributed by atoms with Gasteiger partial charge in [0, 0.05) is 13.1 Å². The minimum absolute atomic E-state index is 0.122. The Hall–Kier alpha value is -1.26. The molecule has 1 saturated heterocycles. The van der Waals surface area contributed by atoms with Gasteiger partial charge in [-0.25, -0.2) is 4.79 Å². The van der Waals surface area contributed by atoms with Crippen LogP contribution in [0.5, 0.6) is 0 Å². The number of carbonyl (C=O) groups is 2. The fourth-order valence-electron chi connectivity index (χ4n) is 1.51. The average Bonchev–Trinajstić information content (AvgIpc) is 2.27. The van der Waals surface area contributed by atoms with Crippen LogP contribution in [-0.4, -0.2) is 41.6 Å². The van der Waals surface area contributed by atoms with E-state index >= 15 is 0 Å². The molecular weight excluding hydrogens is 208 g/mol. The SMILES string of the molecule is CC1C(=O)NCCCN1C(=O)OC(C)(C)C. The number of amides is 2. The topological polar surface area (TPSA) is 58.6 Å². The monoisotopic (exact) mass is 228 g/mol. The first kappa shape index (κ1) is 12.8. The van der Waals surface area contributed by atoms with Gasteiger partial charge in [-0.3, -0.25) is 9.69 Å². The highest BCUT2D eigenvalue weighted by Crippen LogP contribution is 2.13. The van der Waals surface area contributed by atoms with Gasteiger partial charge in [0.1, 0.15) is 11.6 Å². The molecule has 1 aliphatic heterocycles. The maximum atomic E-state index is 11.8. The van der Waals surface area contributed by atoms with Crippen LogP contribution in [0.4, 0.5) is 4.79 Å². The predicted molar refractivity (Wildman–Crippen MR) is 60.0 cm³/mol. The molecule has 0 bridgehead atoms. The first-order valence-corrected chi connectivity index (χ1v) is 5.58. The predicted octanol–water partition coefficient (Wildman–Crippen LogP) is 1.13. The van der Waals surface area contributed by atoms with E-state index in [1.807, 2.05) is 20.8 Å². The fraction of sp³-hybridized carbons (Fsp3) is 0.818. The van der Waals surface area contributed by atoms with Gasteiger partial charge in [-0.15, -0.1) is 0 Å². The first-order chi connectivity index (χ1) is 7.31. The van der Waals surface area contributed by atoms with Gasteiger partial charge in [0.05, 0.1) is 0 Å². The lowest BCUT2D eigenvalue weighted by atomic mass is 10.2. The Balaban J connectivity index is 2.69. The van der Waals surface area contributed by atoms with Crippen molar-refractivity contribution in [2.24, 2.45) is 0 Å². The molecule has 1 N–H and O–H groups in total. The summed E-state index contributed by atoms with van der Waals surface area (Å²) in [6.07, 6.45) is 0.340. The Kier molecular flexibility index (Phi) is 3.78. The standard InChI is InChI=1S/C11H20N2O3/c1-8-9(14)12-6-5-7-13(8)10(15)16-11(2,3)4/h8H,5-7H2,1-4H3,(H,12,14). The highest BCUT2D eigenvalue weighted by molar-refractivity contribution is 5.85. The molecule has 1 rings (SSSR count). The van der Waals surface area contributed by atoms with E-state index in [4.69, 9.17) is 4.74 Å². The Morgan fingerprint density at radius 2 is 2.12 bits per heavy atom. The van der Waals surface area contributed by atoms with Gasteiger partial charge in [0.2, 0.25) is 5.91 Å². The lowest BCUT2D eigenvalue weighted by Gasteiger charge is -2.29. The maximum absolute atomic E-state index is 11.8. The number of hydrogen-bond donors (Lipinski definition) is 1. The largest absolute Gasteiger partial charge is 0.444 e. The summed E-state index contributed by atoms with van der Waals surface area (Å²) in [5.74, 6) is -0.122. The number of nitrogens with zero attached hydrogens (tertiary/aromatic N) is 1. The number of ether oxygens (including phenoxy) is 1. The van der Waals surface area contributed by atoms with Crippen LogP contribution in [0, 0.1) is 0 Å². The fourth-order valence-corrected chi connectivity index (χ4v) is 1.51. The summed E-state index contributed by atoms with van der Waals surface area (Å²) in [5, 5.41) is 2.75. The second kappa shape index (κ2) is 4.72. The first-order valence-electron chi connectivity index (χ1n) is 5.58. The molecular formula is C11H20N2O3. The van der Waals surface area contributed by atoms with Gasteiger partial charge in [-0.2, -0.15) is 0 Å². The van der Waals surface area contributed by atoms with E-state index < -0.39 is 17.7 Å². The van der Waals surface area contributed by atoms with E-state index in [2.05, 4.69) is 5.32 Å². The molecule has 0 saturated carbocycles.